The summed E-state index contributed by atoms with van der Waals surface area (Å²) in [6.45, 7) is 5.01. The molecule has 1 fully saturated rings. The predicted octanol–water partition coefficient (Wildman–Crippen LogP) is 3.32. The van der Waals surface area contributed by atoms with Crippen LogP contribution in [0.4, 0.5) is 4.39 Å². The van der Waals surface area contributed by atoms with E-state index in [0.717, 1.165) is 19.0 Å². The van der Waals surface area contributed by atoms with Crippen molar-refractivity contribution in [2.45, 2.75) is 32.7 Å². The fraction of sp³-hybridized carbons (Fsp3) is 0.533. The van der Waals surface area contributed by atoms with Gasteiger partial charge in [-0.25, -0.2) is 4.39 Å². The van der Waals surface area contributed by atoms with Crippen molar-refractivity contribution in [3.05, 3.63) is 35.1 Å². The van der Waals surface area contributed by atoms with Crippen LogP contribution in [-0.2, 0) is 6.54 Å². The minimum atomic E-state index is -0.256. The number of hydrogen-bond donors (Lipinski definition) is 0. The maximum Gasteiger partial charge on any atom is 0.129 e. The van der Waals surface area contributed by atoms with E-state index in [1.54, 1.807) is 12.1 Å². The maximum atomic E-state index is 13.8. The van der Waals surface area contributed by atoms with Gasteiger partial charge in [0.2, 0.25) is 0 Å². The van der Waals surface area contributed by atoms with Gasteiger partial charge < -0.3 is 0 Å². The number of nitriles is 1. The monoisotopic (exact) mass is 246 g/mol. The Hall–Kier alpha value is -1.40. The van der Waals surface area contributed by atoms with E-state index in [1.165, 1.54) is 25.3 Å². The van der Waals surface area contributed by atoms with Gasteiger partial charge in [0.25, 0.3) is 0 Å². The van der Waals surface area contributed by atoms with Crippen molar-refractivity contribution in [1.29, 1.82) is 5.26 Å². The van der Waals surface area contributed by atoms with Crippen molar-refractivity contribution in [2.24, 2.45) is 5.92 Å². The summed E-state index contributed by atoms with van der Waals surface area (Å²) in [5.74, 6) is 0.518. The van der Waals surface area contributed by atoms with Crippen LogP contribution in [0.5, 0.6) is 0 Å². The molecule has 0 spiro atoms. The van der Waals surface area contributed by atoms with E-state index in [2.05, 4.69) is 11.8 Å². The molecule has 0 N–H and O–H groups in total. The Labute approximate surface area is 108 Å². The Kier molecular flexibility index (Phi) is 4.33. The smallest absolute Gasteiger partial charge is 0.129 e. The van der Waals surface area contributed by atoms with Gasteiger partial charge >= 0.3 is 0 Å². The molecule has 1 atom stereocenters. The quantitative estimate of drug-likeness (QED) is 0.815. The van der Waals surface area contributed by atoms with Crippen LogP contribution in [0.1, 0.15) is 37.3 Å². The highest BCUT2D eigenvalue weighted by Crippen LogP contribution is 2.23. The fourth-order valence-electron chi connectivity index (χ4n) is 2.69. The number of benzene rings is 1. The molecule has 3 heteroatoms. The third-order valence-corrected chi connectivity index (χ3v) is 3.64. The summed E-state index contributed by atoms with van der Waals surface area (Å²) in [6.07, 6.45) is 3.72. The largest absolute Gasteiger partial charge is 0.299 e. The Balaban J connectivity index is 1.96. The highest BCUT2D eigenvalue weighted by Gasteiger charge is 2.22. The zero-order valence-electron chi connectivity index (χ0n) is 10.8. The lowest BCUT2D eigenvalue weighted by molar-refractivity contribution is 0.308. The van der Waals surface area contributed by atoms with E-state index in [1.807, 2.05) is 6.07 Å². The Morgan fingerprint density at radius 3 is 3.00 bits per heavy atom. The molecular weight excluding hydrogens is 227 g/mol. The summed E-state index contributed by atoms with van der Waals surface area (Å²) in [6, 6.07) is 6.72. The number of hydrogen-bond acceptors (Lipinski definition) is 2. The second-order valence-electron chi connectivity index (χ2n) is 5.10. The van der Waals surface area contributed by atoms with Crippen LogP contribution in [-0.4, -0.2) is 18.0 Å². The molecule has 1 aromatic rings. The zero-order valence-corrected chi connectivity index (χ0v) is 10.8. The van der Waals surface area contributed by atoms with Crippen LogP contribution in [0, 0.1) is 23.1 Å². The topological polar surface area (TPSA) is 27.0 Å². The molecule has 2 rings (SSSR count). The molecule has 0 bridgehead atoms. The third-order valence-electron chi connectivity index (χ3n) is 3.64. The second-order valence-corrected chi connectivity index (χ2v) is 5.10. The van der Waals surface area contributed by atoms with Crippen molar-refractivity contribution in [3.63, 3.8) is 0 Å². The molecule has 0 radical (unpaired) electrons. The van der Waals surface area contributed by atoms with Gasteiger partial charge in [0, 0.05) is 18.7 Å². The average Bonchev–Trinajstić information content (AvgIpc) is 2.80. The van der Waals surface area contributed by atoms with Crippen LogP contribution in [0.25, 0.3) is 0 Å². The molecule has 18 heavy (non-hydrogen) atoms. The fourth-order valence-corrected chi connectivity index (χ4v) is 2.69. The predicted molar refractivity (Wildman–Crippen MR) is 69.4 cm³/mol. The summed E-state index contributed by atoms with van der Waals surface area (Å²) < 4.78 is 13.8. The van der Waals surface area contributed by atoms with Crippen molar-refractivity contribution in [1.82, 2.24) is 4.90 Å². The first-order valence-corrected chi connectivity index (χ1v) is 6.63. The average molecular weight is 246 g/mol. The Morgan fingerprint density at radius 1 is 1.50 bits per heavy atom. The number of likely N-dealkylation sites (tertiary alicyclic amines) is 1. The van der Waals surface area contributed by atoms with Gasteiger partial charge in [0.05, 0.1) is 11.6 Å². The highest BCUT2D eigenvalue weighted by molar-refractivity contribution is 5.32. The summed E-state index contributed by atoms with van der Waals surface area (Å²) in [7, 11) is 0. The zero-order chi connectivity index (χ0) is 13.0. The molecule has 1 unspecified atom stereocenters. The van der Waals surface area contributed by atoms with Gasteiger partial charge in [0.1, 0.15) is 5.82 Å². The lowest BCUT2D eigenvalue weighted by atomic mass is 10.0. The van der Waals surface area contributed by atoms with Gasteiger partial charge in [-0.3, -0.25) is 4.90 Å². The highest BCUT2D eigenvalue weighted by atomic mass is 19.1. The molecule has 96 valence electrons. The van der Waals surface area contributed by atoms with Gasteiger partial charge in [-0.1, -0.05) is 19.4 Å². The molecule has 0 aromatic heterocycles. The number of halogens is 1. The third kappa shape index (κ3) is 3.08. The van der Waals surface area contributed by atoms with Crippen molar-refractivity contribution >= 4 is 0 Å². The van der Waals surface area contributed by atoms with E-state index in [9.17, 15) is 4.39 Å². The normalized spacial score (nSPS) is 19.9. The van der Waals surface area contributed by atoms with Crippen LogP contribution in [0.3, 0.4) is 0 Å². The summed E-state index contributed by atoms with van der Waals surface area (Å²) in [4.78, 5) is 2.31. The molecule has 1 aliphatic heterocycles. The SMILES string of the molecule is CCCC1CCN(Cc2ccc(C#N)cc2F)C1. The molecule has 0 amide bonds. The standard InChI is InChI=1S/C15H19FN2/c1-2-3-12-6-7-18(10-12)11-14-5-4-13(9-17)8-15(14)16/h4-5,8,12H,2-3,6-7,10-11H2,1H3. The molecule has 1 saturated heterocycles. The summed E-state index contributed by atoms with van der Waals surface area (Å²) in [5.41, 5.74) is 1.09. The molecule has 0 saturated carbocycles. The Bertz CT molecular complexity index is 450. The van der Waals surface area contributed by atoms with Gasteiger partial charge in [-0.05, 0) is 37.4 Å². The minimum Gasteiger partial charge on any atom is -0.299 e. The van der Waals surface area contributed by atoms with E-state index in [-0.39, 0.29) is 5.82 Å². The van der Waals surface area contributed by atoms with E-state index in [4.69, 9.17) is 5.26 Å². The van der Waals surface area contributed by atoms with Gasteiger partial charge in [0.15, 0.2) is 0 Å². The molecule has 0 aliphatic carbocycles. The van der Waals surface area contributed by atoms with Gasteiger partial charge in [-0.15, -0.1) is 0 Å². The van der Waals surface area contributed by atoms with Crippen molar-refractivity contribution in [2.75, 3.05) is 13.1 Å². The van der Waals surface area contributed by atoms with Crippen molar-refractivity contribution in [3.8, 4) is 6.07 Å². The molecular formula is C15H19FN2. The van der Waals surface area contributed by atoms with E-state index >= 15 is 0 Å². The summed E-state index contributed by atoms with van der Waals surface area (Å²) in [5, 5.41) is 8.70. The van der Waals surface area contributed by atoms with Crippen LogP contribution < -0.4 is 0 Å². The Morgan fingerprint density at radius 2 is 2.33 bits per heavy atom. The maximum absolute atomic E-state index is 13.8. The van der Waals surface area contributed by atoms with Gasteiger partial charge in [-0.2, -0.15) is 5.26 Å². The molecule has 2 nitrogen and oxygen atoms in total. The molecule has 1 aromatic carbocycles. The van der Waals surface area contributed by atoms with E-state index < -0.39 is 0 Å². The first-order valence-electron chi connectivity index (χ1n) is 6.63. The number of nitrogens with zero attached hydrogens (tertiary/aromatic N) is 2. The second kappa shape index (κ2) is 5.97. The lowest BCUT2D eigenvalue weighted by Gasteiger charge is -2.16. The molecule has 1 aliphatic rings. The minimum absolute atomic E-state index is 0.256. The summed E-state index contributed by atoms with van der Waals surface area (Å²) >= 11 is 0. The van der Waals surface area contributed by atoms with E-state index in [0.29, 0.717) is 17.7 Å². The lowest BCUT2D eigenvalue weighted by Crippen LogP contribution is -2.20. The van der Waals surface area contributed by atoms with Crippen LogP contribution in [0.2, 0.25) is 0 Å². The van der Waals surface area contributed by atoms with Crippen LogP contribution >= 0.6 is 0 Å². The first kappa shape index (κ1) is 13.0. The van der Waals surface area contributed by atoms with Crippen molar-refractivity contribution < 1.29 is 4.39 Å². The first-order chi connectivity index (χ1) is 8.72. The molecule has 1 heterocycles. The number of rotatable bonds is 4. The van der Waals surface area contributed by atoms with Crippen LogP contribution in [0.15, 0.2) is 18.2 Å².